The van der Waals surface area contributed by atoms with E-state index >= 15 is 0 Å². The highest BCUT2D eigenvalue weighted by Gasteiger charge is 2.15. The van der Waals surface area contributed by atoms with Crippen molar-refractivity contribution < 1.29 is 19.4 Å². The van der Waals surface area contributed by atoms with Gasteiger partial charge in [-0.05, 0) is 35.2 Å². The van der Waals surface area contributed by atoms with Crippen molar-refractivity contribution in [1.29, 1.82) is 0 Å². The maximum Gasteiger partial charge on any atom is 0.309 e. The molecule has 0 amide bonds. The van der Waals surface area contributed by atoms with Crippen LogP contribution < -0.4 is 4.74 Å². The number of carbonyl (C=O) groups excluding carboxylic acids is 1. The van der Waals surface area contributed by atoms with Crippen LogP contribution in [0.4, 0.5) is 0 Å². The number of aliphatic hydroxyl groups excluding tert-OH is 1. The lowest BCUT2D eigenvalue weighted by Gasteiger charge is -2.11. The number of imidazole rings is 1. The molecule has 0 bridgehead atoms. The Morgan fingerprint density at radius 2 is 1.88 bits per heavy atom. The minimum Gasteiger partial charge on any atom is -0.489 e. The number of hydrogen-bond donors (Lipinski definition) is 1. The van der Waals surface area contributed by atoms with E-state index in [-0.39, 0.29) is 19.0 Å². The molecule has 1 heterocycles. The van der Waals surface area contributed by atoms with Crippen molar-refractivity contribution in [2.45, 2.75) is 52.4 Å². The van der Waals surface area contributed by atoms with Crippen molar-refractivity contribution in [3.63, 3.8) is 0 Å². The number of methoxy groups -OCH3 is 1. The van der Waals surface area contributed by atoms with Crippen LogP contribution in [0.2, 0.25) is 5.15 Å². The van der Waals surface area contributed by atoms with Gasteiger partial charge in [-0.1, -0.05) is 61.3 Å². The Hall–Kier alpha value is -2.83. The largest absolute Gasteiger partial charge is 0.489 e. The monoisotopic (exact) mass is 456 g/mol. The molecule has 0 atom stereocenters. The number of hydrogen-bond acceptors (Lipinski definition) is 5. The Kier molecular flexibility index (Phi) is 8.71. The van der Waals surface area contributed by atoms with Crippen LogP contribution in [0.1, 0.15) is 48.0 Å². The molecule has 0 fully saturated rings. The molecular weight excluding hydrogens is 428 g/mol. The Bertz CT molecular complexity index is 1030. The van der Waals surface area contributed by atoms with Gasteiger partial charge in [-0.2, -0.15) is 0 Å². The smallest absolute Gasteiger partial charge is 0.309 e. The Labute approximate surface area is 193 Å². The highest BCUT2D eigenvalue weighted by Crippen LogP contribution is 2.23. The zero-order valence-corrected chi connectivity index (χ0v) is 19.3. The van der Waals surface area contributed by atoms with Crippen LogP contribution in [0.25, 0.3) is 0 Å². The Morgan fingerprint density at radius 1 is 1.12 bits per heavy atom. The summed E-state index contributed by atoms with van der Waals surface area (Å²) in [7, 11) is 1.39. The first kappa shape index (κ1) is 23.8. The number of aromatic nitrogens is 2. The summed E-state index contributed by atoms with van der Waals surface area (Å²) in [5.74, 6) is 1.39. The molecule has 0 unspecified atom stereocenters. The van der Waals surface area contributed by atoms with Gasteiger partial charge in [-0.3, -0.25) is 4.79 Å². The molecule has 0 saturated heterocycles. The molecule has 0 saturated carbocycles. The van der Waals surface area contributed by atoms with Gasteiger partial charge >= 0.3 is 5.97 Å². The summed E-state index contributed by atoms with van der Waals surface area (Å²) >= 11 is 6.45. The summed E-state index contributed by atoms with van der Waals surface area (Å²) in [5, 5.41) is 10.0. The van der Waals surface area contributed by atoms with Gasteiger partial charge in [0.2, 0.25) is 0 Å². The number of aryl methyl sites for hydroxylation is 1. The minimum absolute atomic E-state index is 0.168. The lowest BCUT2D eigenvalue weighted by Crippen LogP contribution is -2.06. The zero-order chi connectivity index (χ0) is 22.9. The standard InChI is InChI=1S/C25H29ClN2O4/c1-3-4-8-23-27-22(16-29)25(26)28(23)15-18-9-11-21(12-10-18)32-17-20-7-5-6-19(13-20)14-24(30)31-2/h5-7,9-13,29H,3-4,8,14-17H2,1-2H3. The van der Waals surface area contributed by atoms with Crippen LogP contribution in [0.15, 0.2) is 48.5 Å². The lowest BCUT2D eigenvalue weighted by atomic mass is 10.1. The van der Waals surface area contributed by atoms with E-state index in [0.29, 0.717) is 24.0 Å². The maximum absolute atomic E-state index is 11.5. The van der Waals surface area contributed by atoms with Crippen LogP contribution in [-0.4, -0.2) is 27.7 Å². The second-order valence-corrected chi connectivity index (χ2v) is 7.98. The molecule has 7 heteroatoms. The second-order valence-electron chi connectivity index (χ2n) is 7.62. The van der Waals surface area contributed by atoms with Crippen LogP contribution in [0, 0.1) is 0 Å². The molecule has 3 aromatic rings. The van der Waals surface area contributed by atoms with Gasteiger partial charge in [0.25, 0.3) is 0 Å². The van der Waals surface area contributed by atoms with Crippen molar-refractivity contribution in [2.24, 2.45) is 0 Å². The van der Waals surface area contributed by atoms with E-state index in [9.17, 15) is 9.90 Å². The van der Waals surface area contributed by atoms with E-state index in [1.807, 2.05) is 53.1 Å². The van der Waals surface area contributed by atoms with Crippen molar-refractivity contribution in [1.82, 2.24) is 9.55 Å². The van der Waals surface area contributed by atoms with E-state index in [0.717, 1.165) is 47.5 Å². The highest BCUT2D eigenvalue weighted by atomic mass is 35.5. The average molecular weight is 457 g/mol. The number of benzene rings is 2. The molecule has 32 heavy (non-hydrogen) atoms. The SMILES string of the molecule is CCCCc1nc(CO)c(Cl)n1Cc1ccc(OCc2cccc(CC(=O)OC)c2)cc1. The van der Waals surface area contributed by atoms with E-state index in [1.165, 1.54) is 7.11 Å². The fourth-order valence-corrected chi connectivity index (χ4v) is 3.69. The summed E-state index contributed by atoms with van der Waals surface area (Å²) in [5.41, 5.74) is 3.47. The number of ether oxygens (including phenoxy) is 2. The first-order valence-electron chi connectivity index (χ1n) is 10.7. The first-order valence-corrected chi connectivity index (χ1v) is 11.1. The summed E-state index contributed by atoms with van der Waals surface area (Å²) in [6, 6.07) is 15.6. The minimum atomic E-state index is -0.263. The van der Waals surface area contributed by atoms with Crippen molar-refractivity contribution >= 4 is 17.6 Å². The third kappa shape index (κ3) is 6.34. The molecule has 6 nitrogen and oxygen atoms in total. The molecule has 0 spiro atoms. The maximum atomic E-state index is 11.5. The predicted octanol–water partition coefficient (Wildman–Crippen LogP) is 4.71. The van der Waals surface area contributed by atoms with Crippen molar-refractivity contribution in [2.75, 3.05) is 7.11 Å². The van der Waals surface area contributed by atoms with E-state index < -0.39 is 0 Å². The normalized spacial score (nSPS) is 10.9. The van der Waals surface area contributed by atoms with Crippen LogP contribution in [0.3, 0.4) is 0 Å². The van der Waals surface area contributed by atoms with Gasteiger partial charge in [0, 0.05) is 6.42 Å². The van der Waals surface area contributed by atoms with Gasteiger partial charge in [0.1, 0.15) is 29.0 Å². The topological polar surface area (TPSA) is 73.6 Å². The van der Waals surface area contributed by atoms with Crippen molar-refractivity contribution in [3.8, 4) is 5.75 Å². The summed E-state index contributed by atoms with van der Waals surface area (Å²) in [6.45, 7) is 2.96. The molecule has 170 valence electrons. The summed E-state index contributed by atoms with van der Waals surface area (Å²) < 4.78 is 12.6. The van der Waals surface area contributed by atoms with Crippen LogP contribution >= 0.6 is 11.6 Å². The number of unbranched alkanes of at least 4 members (excludes halogenated alkanes) is 1. The fraction of sp³-hybridized carbons (Fsp3) is 0.360. The molecule has 0 aliphatic rings. The number of esters is 1. The Morgan fingerprint density at radius 3 is 2.56 bits per heavy atom. The van der Waals surface area contributed by atoms with E-state index in [1.54, 1.807) is 0 Å². The number of carbonyl (C=O) groups is 1. The van der Waals surface area contributed by atoms with E-state index in [2.05, 4.69) is 11.9 Å². The fourth-order valence-electron chi connectivity index (χ4n) is 3.43. The molecule has 1 N–H and O–H groups in total. The van der Waals surface area contributed by atoms with Gasteiger partial charge in [-0.25, -0.2) is 4.98 Å². The lowest BCUT2D eigenvalue weighted by molar-refractivity contribution is -0.139. The highest BCUT2D eigenvalue weighted by molar-refractivity contribution is 6.30. The van der Waals surface area contributed by atoms with Crippen LogP contribution in [-0.2, 0) is 42.1 Å². The molecular formula is C25H29ClN2O4. The zero-order valence-electron chi connectivity index (χ0n) is 18.5. The molecule has 0 aliphatic heterocycles. The molecule has 0 radical (unpaired) electrons. The van der Waals surface area contributed by atoms with Gasteiger partial charge in [0.15, 0.2) is 0 Å². The second kappa shape index (κ2) is 11.7. The number of halogens is 1. The predicted molar refractivity (Wildman–Crippen MR) is 124 cm³/mol. The third-order valence-electron chi connectivity index (χ3n) is 5.19. The molecule has 3 rings (SSSR count). The average Bonchev–Trinajstić information content (AvgIpc) is 3.11. The third-order valence-corrected chi connectivity index (χ3v) is 5.61. The van der Waals surface area contributed by atoms with E-state index in [4.69, 9.17) is 21.1 Å². The molecule has 0 aliphatic carbocycles. The molecule has 2 aromatic carbocycles. The summed E-state index contributed by atoms with van der Waals surface area (Å²) in [6.07, 6.45) is 3.16. The van der Waals surface area contributed by atoms with Gasteiger partial charge in [0.05, 0.1) is 26.7 Å². The van der Waals surface area contributed by atoms with Crippen LogP contribution in [0.5, 0.6) is 5.75 Å². The number of rotatable bonds is 11. The van der Waals surface area contributed by atoms with Gasteiger partial charge < -0.3 is 19.1 Å². The summed E-state index contributed by atoms with van der Waals surface area (Å²) in [4.78, 5) is 16.0. The number of aliphatic hydroxyl groups is 1. The Balaban J connectivity index is 1.63. The van der Waals surface area contributed by atoms with Gasteiger partial charge in [-0.15, -0.1) is 0 Å². The first-order chi connectivity index (χ1) is 15.5. The quantitative estimate of drug-likeness (QED) is 0.423. The molecule has 1 aromatic heterocycles. The van der Waals surface area contributed by atoms with Crippen molar-refractivity contribution in [3.05, 3.63) is 81.9 Å². The number of nitrogens with zero attached hydrogens (tertiary/aromatic N) is 2.